The predicted molar refractivity (Wildman–Crippen MR) is 157 cm³/mol. The molecule has 3 amide bonds. The van der Waals surface area contributed by atoms with Crippen molar-refractivity contribution in [1.82, 2.24) is 10.2 Å². The van der Waals surface area contributed by atoms with Crippen molar-refractivity contribution >= 4 is 75.0 Å². The van der Waals surface area contributed by atoms with E-state index in [1.807, 2.05) is 24.3 Å². The van der Waals surface area contributed by atoms with Crippen LogP contribution < -0.4 is 15.8 Å². The Morgan fingerprint density at radius 3 is 2.47 bits per heavy atom. The van der Waals surface area contributed by atoms with Crippen LogP contribution in [-0.4, -0.2) is 75.2 Å². The first kappa shape index (κ1) is 34.3. The van der Waals surface area contributed by atoms with Crippen LogP contribution in [0.2, 0.25) is 0 Å². The Balaban J connectivity index is 0.00000722. The van der Waals surface area contributed by atoms with Gasteiger partial charge in [0.25, 0.3) is 5.24 Å². The van der Waals surface area contributed by atoms with Crippen molar-refractivity contribution in [3.63, 3.8) is 0 Å². The quantitative estimate of drug-likeness (QED) is 0.269. The van der Waals surface area contributed by atoms with Crippen molar-refractivity contribution < 1.29 is 28.7 Å². The van der Waals surface area contributed by atoms with Gasteiger partial charge in [-0.2, -0.15) is 0 Å². The zero-order chi connectivity index (χ0) is 27.2. The van der Waals surface area contributed by atoms with Crippen LogP contribution in [0.25, 0.3) is 0 Å². The van der Waals surface area contributed by atoms with Gasteiger partial charge in [-0.15, -0.1) is 12.4 Å². The van der Waals surface area contributed by atoms with E-state index < -0.39 is 5.25 Å². The van der Waals surface area contributed by atoms with E-state index in [4.69, 9.17) is 10.5 Å². The molecule has 2 rings (SSSR count). The van der Waals surface area contributed by atoms with E-state index in [0.29, 0.717) is 37.5 Å². The average Bonchev–Trinajstić information content (AvgIpc) is 3.17. The first-order valence-electron chi connectivity index (χ1n) is 12.2. The maximum Gasteiger partial charge on any atom is 0.286 e. The summed E-state index contributed by atoms with van der Waals surface area (Å²) in [6.07, 6.45) is 4.04. The monoisotopic (exact) mass is 605 g/mol. The third-order valence-electron chi connectivity index (χ3n) is 5.60. The SMILES string of the molecule is CC(=O)SC(CCCCC(=O)N(C)CCOc1ccc(CC2SC(=O)NC2=O)cc1)CCSC(=O)CN.Cl. The van der Waals surface area contributed by atoms with E-state index in [9.17, 15) is 24.0 Å². The van der Waals surface area contributed by atoms with Gasteiger partial charge < -0.3 is 15.4 Å². The molecule has 13 heteroatoms. The maximum absolute atomic E-state index is 12.4. The van der Waals surface area contributed by atoms with Gasteiger partial charge in [-0.3, -0.25) is 29.3 Å². The van der Waals surface area contributed by atoms with Gasteiger partial charge in [-0.05, 0) is 43.4 Å². The van der Waals surface area contributed by atoms with Crippen LogP contribution in [0.1, 0.15) is 44.6 Å². The van der Waals surface area contributed by atoms with Gasteiger partial charge in [0, 0.05) is 31.4 Å². The van der Waals surface area contributed by atoms with E-state index in [0.717, 1.165) is 43.0 Å². The predicted octanol–water partition coefficient (Wildman–Crippen LogP) is 3.66. The lowest BCUT2D eigenvalue weighted by molar-refractivity contribution is -0.130. The number of hydrogen-bond acceptors (Lipinski definition) is 10. The Hall–Kier alpha value is -1.73. The molecule has 0 bridgehead atoms. The molecule has 0 radical (unpaired) electrons. The lowest BCUT2D eigenvalue weighted by Crippen LogP contribution is -2.30. The largest absolute Gasteiger partial charge is 0.492 e. The minimum atomic E-state index is -0.399. The van der Waals surface area contributed by atoms with Crippen molar-refractivity contribution in [3.05, 3.63) is 29.8 Å². The van der Waals surface area contributed by atoms with Crippen molar-refractivity contribution in [1.29, 1.82) is 0 Å². The lowest BCUT2D eigenvalue weighted by atomic mass is 10.1. The summed E-state index contributed by atoms with van der Waals surface area (Å²) in [5.41, 5.74) is 6.26. The highest BCUT2D eigenvalue weighted by Gasteiger charge is 2.31. The van der Waals surface area contributed by atoms with Crippen LogP contribution in [0.15, 0.2) is 24.3 Å². The zero-order valence-electron chi connectivity index (χ0n) is 21.6. The zero-order valence-corrected chi connectivity index (χ0v) is 24.9. The Labute approximate surface area is 242 Å². The molecule has 2 atom stereocenters. The summed E-state index contributed by atoms with van der Waals surface area (Å²) in [5, 5.41) is 1.73. The molecule has 0 spiro atoms. The van der Waals surface area contributed by atoms with Crippen molar-refractivity contribution in [2.75, 3.05) is 32.5 Å². The van der Waals surface area contributed by atoms with Gasteiger partial charge in [0.1, 0.15) is 12.4 Å². The highest BCUT2D eigenvalue weighted by atomic mass is 35.5. The van der Waals surface area contributed by atoms with Gasteiger partial charge in [-0.1, -0.05) is 53.8 Å². The number of amides is 3. The number of benzene rings is 1. The number of rotatable bonds is 16. The van der Waals surface area contributed by atoms with Gasteiger partial charge in [-0.25, -0.2) is 0 Å². The number of nitrogens with one attached hydrogen (secondary N) is 1. The van der Waals surface area contributed by atoms with E-state index in [-0.39, 0.29) is 51.5 Å². The highest BCUT2D eigenvalue weighted by molar-refractivity contribution is 8.15. The second kappa shape index (κ2) is 18.5. The molecule has 1 saturated heterocycles. The first-order chi connectivity index (χ1) is 17.7. The van der Waals surface area contributed by atoms with Crippen LogP contribution in [-0.2, 0) is 25.6 Å². The number of likely N-dealkylation sites (N-methyl/N-ethyl adjacent to an activating group) is 1. The smallest absolute Gasteiger partial charge is 0.286 e. The fourth-order valence-corrected chi connectivity index (χ4v) is 6.33. The number of hydrogen-bond donors (Lipinski definition) is 2. The maximum atomic E-state index is 12.4. The summed E-state index contributed by atoms with van der Waals surface area (Å²) in [5.74, 6) is 1.10. The Bertz CT molecular complexity index is 951. The molecule has 1 heterocycles. The molecule has 0 aromatic heterocycles. The number of carbonyl (C=O) groups is 5. The number of carbonyl (C=O) groups excluding carboxylic acids is 5. The standard InChI is InChI=1S/C25H35N3O6S3.ClH/c1-17(29)36-20(11-14-35-23(31)16-26)5-3-4-6-22(30)28(2)12-13-34-19-9-7-18(8-10-19)15-21-24(32)27-25(33)37-21;/h7-10,20-21H,3-6,11-16,26H2,1-2H3,(H,27,32,33);1H. The van der Waals surface area contributed by atoms with Crippen molar-refractivity contribution in [2.45, 2.75) is 55.9 Å². The van der Waals surface area contributed by atoms with Crippen molar-refractivity contribution in [2.24, 2.45) is 5.73 Å². The molecule has 212 valence electrons. The highest BCUT2D eigenvalue weighted by Crippen LogP contribution is 2.25. The summed E-state index contributed by atoms with van der Waals surface area (Å²) < 4.78 is 5.75. The molecule has 1 aliphatic rings. The lowest BCUT2D eigenvalue weighted by Gasteiger charge is -2.18. The summed E-state index contributed by atoms with van der Waals surface area (Å²) in [4.78, 5) is 60.0. The molecular weight excluding hydrogens is 570 g/mol. The third kappa shape index (κ3) is 13.4. The molecule has 1 aromatic carbocycles. The van der Waals surface area contributed by atoms with Gasteiger partial charge in [0.2, 0.25) is 16.9 Å². The fraction of sp³-hybridized carbons (Fsp3) is 0.560. The molecular formula is C25H36ClN3O6S3. The van der Waals surface area contributed by atoms with Gasteiger partial charge in [0.15, 0.2) is 5.12 Å². The minimum Gasteiger partial charge on any atom is -0.492 e. The Kier molecular flexibility index (Phi) is 16.7. The average molecular weight is 606 g/mol. The van der Waals surface area contributed by atoms with Crippen LogP contribution in [0.5, 0.6) is 5.75 Å². The first-order valence-corrected chi connectivity index (χ1v) is 14.9. The molecule has 2 unspecified atom stereocenters. The third-order valence-corrected chi connectivity index (χ3v) is 8.65. The molecule has 0 saturated carbocycles. The number of nitrogens with zero attached hydrogens (tertiary/aromatic N) is 1. The van der Waals surface area contributed by atoms with Crippen LogP contribution in [0, 0.1) is 0 Å². The molecule has 3 N–H and O–H groups in total. The number of thioether (sulfide) groups is 3. The van der Waals surface area contributed by atoms with E-state index >= 15 is 0 Å². The van der Waals surface area contributed by atoms with E-state index in [1.165, 1.54) is 23.5 Å². The topological polar surface area (TPSA) is 136 Å². The second-order valence-electron chi connectivity index (χ2n) is 8.59. The van der Waals surface area contributed by atoms with Gasteiger partial charge in [0.05, 0.1) is 18.3 Å². The molecule has 9 nitrogen and oxygen atoms in total. The number of imide groups is 1. The molecule has 1 fully saturated rings. The summed E-state index contributed by atoms with van der Waals surface area (Å²) in [6, 6.07) is 7.37. The number of nitrogens with two attached hydrogens (primary N) is 1. The van der Waals surface area contributed by atoms with Crippen LogP contribution in [0.4, 0.5) is 4.79 Å². The molecule has 1 aromatic rings. The van der Waals surface area contributed by atoms with Crippen molar-refractivity contribution in [3.8, 4) is 5.75 Å². The molecule has 1 aliphatic heterocycles. The minimum absolute atomic E-state index is 0. The van der Waals surface area contributed by atoms with Crippen LogP contribution >= 0.6 is 47.7 Å². The van der Waals surface area contributed by atoms with Gasteiger partial charge >= 0.3 is 0 Å². The van der Waals surface area contributed by atoms with Crippen LogP contribution in [0.3, 0.4) is 0 Å². The van der Waals surface area contributed by atoms with E-state index in [2.05, 4.69) is 5.32 Å². The second-order valence-corrected chi connectivity index (χ2v) is 12.4. The molecule has 0 aliphatic carbocycles. The molecule has 38 heavy (non-hydrogen) atoms. The Morgan fingerprint density at radius 2 is 1.87 bits per heavy atom. The van der Waals surface area contributed by atoms with E-state index in [1.54, 1.807) is 18.9 Å². The normalized spacial score (nSPS) is 15.4. The number of halogens is 1. The summed E-state index contributed by atoms with van der Waals surface area (Å²) in [7, 11) is 1.75. The summed E-state index contributed by atoms with van der Waals surface area (Å²) in [6.45, 7) is 2.38. The fourth-order valence-electron chi connectivity index (χ4n) is 3.59. The summed E-state index contributed by atoms with van der Waals surface area (Å²) >= 11 is 3.52. The Morgan fingerprint density at radius 1 is 1.16 bits per heavy atom. The number of unbranched alkanes of at least 4 members (excludes halogenated alkanes) is 1. The number of ether oxygens (including phenoxy) is 1.